The zero-order valence-electron chi connectivity index (χ0n) is 19.4. The van der Waals surface area contributed by atoms with Crippen LogP contribution in [0.4, 0.5) is 13.2 Å². The van der Waals surface area contributed by atoms with E-state index in [0.717, 1.165) is 71.2 Å². The molecule has 0 saturated carbocycles. The van der Waals surface area contributed by atoms with Gasteiger partial charge in [-0.25, -0.2) is 0 Å². The molecule has 0 atom stereocenters. The van der Waals surface area contributed by atoms with Crippen LogP contribution in [0.1, 0.15) is 12.0 Å². The molecule has 7 nitrogen and oxygen atoms in total. The lowest BCUT2D eigenvalue weighted by Gasteiger charge is -2.38. The summed E-state index contributed by atoms with van der Waals surface area (Å²) in [5, 5.41) is 0. The van der Waals surface area contributed by atoms with Gasteiger partial charge in [-0.05, 0) is 24.1 Å². The quantitative estimate of drug-likeness (QED) is 0.485. The molecule has 2 fully saturated rings. The maximum absolute atomic E-state index is 12.7. The lowest BCUT2D eigenvalue weighted by Crippen LogP contribution is -2.53. The van der Waals surface area contributed by atoms with Crippen molar-refractivity contribution in [2.24, 2.45) is 0 Å². The Labute approximate surface area is 194 Å². The van der Waals surface area contributed by atoms with Crippen molar-refractivity contribution >= 4 is 5.91 Å². The van der Waals surface area contributed by atoms with Gasteiger partial charge in [-0.15, -0.1) is 0 Å². The summed E-state index contributed by atoms with van der Waals surface area (Å²) in [6.07, 6.45) is -3.68. The van der Waals surface area contributed by atoms with Crippen molar-refractivity contribution in [2.75, 3.05) is 85.8 Å². The Balaban J connectivity index is 1.27. The molecule has 10 heteroatoms. The molecule has 0 N–H and O–H groups in total. The summed E-state index contributed by atoms with van der Waals surface area (Å²) in [6, 6.07) is 8.09. The monoisotopic (exact) mass is 472 g/mol. The zero-order valence-corrected chi connectivity index (χ0v) is 19.4. The largest absolute Gasteiger partial charge is 0.497 e. The van der Waals surface area contributed by atoms with Crippen LogP contribution in [-0.4, -0.2) is 117 Å². The molecule has 1 amide bonds. The Morgan fingerprint density at radius 1 is 0.909 bits per heavy atom. The highest BCUT2D eigenvalue weighted by molar-refractivity contribution is 5.78. The third-order valence-corrected chi connectivity index (χ3v) is 6.14. The molecule has 2 saturated heterocycles. The summed E-state index contributed by atoms with van der Waals surface area (Å²) in [4.78, 5) is 21.4. The maximum Gasteiger partial charge on any atom is 0.411 e. The number of hydrogen-bond donors (Lipinski definition) is 0. The van der Waals surface area contributed by atoms with Crippen LogP contribution in [0.3, 0.4) is 0 Å². The number of carbonyl (C=O) groups is 1. The predicted molar refractivity (Wildman–Crippen MR) is 119 cm³/mol. The Morgan fingerprint density at radius 3 is 2.12 bits per heavy atom. The number of rotatable bonds is 10. The normalized spacial score (nSPS) is 19.1. The predicted octanol–water partition coefficient (Wildman–Crippen LogP) is 1.93. The first-order valence-electron chi connectivity index (χ1n) is 11.5. The minimum absolute atomic E-state index is 0.114. The van der Waals surface area contributed by atoms with Crippen molar-refractivity contribution in [3.8, 4) is 5.75 Å². The van der Waals surface area contributed by atoms with Gasteiger partial charge >= 0.3 is 6.18 Å². The van der Waals surface area contributed by atoms with E-state index in [9.17, 15) is 18.0 Å². The van der Waals surface area contributed by atoms with E-state index >= 15 is 0 Å². The lowest BCUT2D eigenvalue weighted by atomic mass is 10.2. The Bertz CT molecular complexity index is 717. The summed E-state index contributed by atoms with van der Waals surface area (Å²) < 4.78 is 46.1. The summed E-state index contributed by atoms with van der Waals surface area (Å²) in [7, 11) is 1.66. The molecule has 0 spiro atoms. The van der Waals surface area contributed by atoms with Crippen LogP contribution in [0, 0.1) is 0 Å². The molecule has 186 valence electrons. The first-order valence-corrected chi connectivity index (χ1v) is 11.5. The van der Waals surface area contributed by atoms with Gasteiger partial charge in [0.25, 0.3) is 0 Å². The van der Waals surface area contributed by atoms with Gasteiger partial charge in [-0.1, -0.05) is 12.1 Å². The van der Waals surface area contributed by atoms with Crippen LogP contribution in [0.2, 0.25) is 0 Å². The molecule has 0 unspecified atom stereocenters. The zero-order chi connectivity index (χ0) is 23.7. The highest BCUT2D eigenvalue weighted by Crippen LogP contribution is 2.15. The number of piperazine rings is 2. The van der Waals surface area contributed by atoms with Crippen molar-refractivity contribution in [1.82, 2.24) is 19.6 Å². The Kier molecular flexibility index (Phi) is 9.78. The summed E-state index contributed by atoms with van der Waals surface area (Å²) in [5.74, 6) is 1.03. The van der Waals surface area contributed by atoms with E-state index < -0.39 is 12.8 Å². The molecule has 2 aliphatic rings. The van der Waals surface area contributed by atoms with Crippen molar-refractivity contribution in [1.29, 1.82) is 0 Å². The van der Waals surface area contributed by atoms with Crippen molar-refractivity contribution in [2.45, 2.75) is 19.1 Å². The third-order valence-electron chi connectivity index (χ3n) is 6.14. The number of halogens is 3. The highest BCUT2D eigenvalue weighted by Gasteiger charge is 2.27. The second-order valence-corrected chi connectivity index (χ2v) is 8.64. The summed E-state index contributed by atoms with van der Waals surface area (Å²) in [5.41, 5.74) is 1.24. The van der Waals surface area contributed by atoms with Gasteiger partial charge in [0, 0.05) is 72.1 Å². The summed E-state index contributed by atoms with van der Waals surface area (Å²) >= 11 is 0. The molecule has 2 heterocycles. The van der Waals surface area contributed by atoms with E-state index in [4.69, 9.17) is 4.74 Å². The molecule has 3 rings (SSSR count). The van der Waals surface area contributed by atoms with Gasteiger partial charge in [-0.2, -0.15) is 13.2 Å². The van der Waals surface area contributed by atoms with E-state index in [1.165, 1.54) is 5.56 Å². The molecular formula is C23H35F3N4O3. The average Bonchev–Trinajstić information content (AvgIpc) is 2.80. The van der Waals surface area contributed by atoms with E-state index in [1.807, 2.05) is 17.0 Å². The highest BCUT2D eigenvalue weighted by atomic mass is 19.4. The summed E-state index contributed by atoms with van der Waals surface area (Å²) in [6.45, 7) is 7.40. The molecular weight excluding hydrogens is 437 g/mol. The standard InChI is InChI=1S/C23H35F3N4O3/c1-32-21-5-3-20(4-6-21)17-28-12-14-30(15-13-28)22(31)18-29-10-8-27(9-11-29)7-2-16-33-19-23(24,25)26/h3-6H,2,7-19H2,1H3. The average molecular weight is 473 g/mol. The smallest absolute Gasteiger partial charge is 0.411 e. The second kappa shape index (κ2) is 12.5. The van der Waals surface area contributed by atoms with Crippen LogP contribution in [0.25, 0.3) is 0 Å². The van der Waals surface area contributed by atoms with Crippen LogP contribution in [-0.2, 0) is 16.1 Å². The molecule has 0 bridgehead atoms. The first-order chi connectivity index (χ1) is 15.8. The fraction of sp³-hybridized carbons (Fsp3) is 0.696. The van der Waals surface area contributed by atoms with E-state index in [0.29, 0.717) is 13.0 Å². The Hall–Kier alpha value is -1.88. The number of alkyl halides is 3. The molecule has 0 radical (unpaired) electrons. The van der Waals surface area contributed by atoms with Gasteiger partial charge in [0.05, 0.1) is 13.7 Å². The number of benzene rings is 1. The molecule has 1 aromatic carbocycles. The van der Waals surface area contributed by atoms with Gasteiger partial charge in [0.1, 0.15) is 12.4 Å². The van der Waals surface area contributed by atoms with Crippen molar-refractivity contribution < 1.29 is 27.4 Å². The van der Waals surface area contributed by atoms with Crippen molar-refractivity contribution in [3.05, 3.63) is 29.8 Å². The fourth-order valence-electron chi connectivity index (χ4n) is 4.18. The van der Waals surface area contributed by atoms with Gasteiger partial charge in [0.15, 0.2) is 0 Å². The fourth-order valence-corrected chi connectivity index (χ4v) is 4.18. The molecule has 33 heavy (non-hydrogen) atoms. The maximum atomic E-state index is 12.7. The van der Waals surface area contributed by atoms with Crippen LogP contribution in [0.15, 0.2) is 24.3 Å². The number of carbonyl (C=O) groups excluding carboxylic acids is 1. The minimum atomic E-state index is -4.26. The topological polar surface area (TPSA) is 48.5 Å². The number of nitrogens with zero attached hydrogens (tertiary/aromatic N) is 4. The molecule has 0 aromatic heterocycles. The third kappa shape index (κ3) is 9.11. The number of amides is 1. The molecule has 1 aromatic rings. The van der Waals surface area contributed by atoms with E-state index in [1.54, 1.807) is 7.11 Å². The second-order valence-electron chi connectivity index (χ2n) is 8.64. The number of methoxy groups -OCH3 is 1. The van der Waals surface area contributed by atoms with Gasteiger partial charge in [-0.3, -0.25) is 14.6 Å². The molecule has 0 aliphatic carbocycles. The lowest BCUT2D eigenvalue weighted by molar-refractivity contribution is -0.174. The SMILES string of the molecule is COc1ccc(CN2CCN(C(=O)CN3CCN(CCCOCC(F)(F)F)CC3)CC2)cc1. The van der Waals surface area contributed by atoms with E-state index in [-0.39, 0.29) is 12.5 Å². The van der Waals surface area contributed by atoms with Crippen LogP contribution in [0.5, 0.6) is 5.75 Å². The number of ether oxygens (including phenoxy) is 2. The van der Waals surface area contributed by atoms with E-state index in [2.05, 4.69) is 31.6 Å². The minimum Gasteiger partial charge on any atom is -0.497 e. The van der Waals surface area contributed by atoms with Crippen LogP contribution < -0.4 is 4.74 Å². The van der Waals surface area contributed by atoms with Gasteiger partial charge in [0.2, 0.25) is 5.91 Å². The van der Waals surface area contributed by atoms with Gasteiger partial charge < -0.3 is 19.3 Å². The molecule has 2 aliphatic heterocycles. The van der Waals surface area contributed by atoms with Crippen LogP contribution >= 0.6 is 0 Å². The Morgan fingerprint density at radius 2 is 1.52 bits per heavy atom. The first kappa shape index (κ1) is 25.7. The number of hydrogen-bond acceptors (Lipinski definition) is 6. The van der Waals surface area contributed by atoms with Crippen molar-refractivity contribution in [3.63, 3.8) is 0 Å².